The van der Waals surface area contributed by atoms with E-state index in [0.717, 1.165) is 16.7 Å². The Morgan fingerprint density at radius 3 is 1.47 bits per heavy atom. The maximum atomic E-state index is 12.4. The maximum absolute atomic E-state index is 12.4. The Labute approximate surface area is 249 Å². The predicted octanol–water partition coefficient (Wildman–Crippen LogP) is 4.75. The molecule has 12 nitrogen and oxygen atoms in total. The van der Waals surface area contributed by atoms with Crippen LogP contribution >= 0.6 is 0 Å². The van der Waals surface area contributed by atoms with Gasteiger partial charge in [-0.05, 0) is 36.0 Å². The van der Waals surface area contributed by atoms with Gasteiger partial charge in [0.25, 0.3) is 0 Å². The molecule has 226 valence electrons. The van der Waals surface area contributed by atoms with Crippen LogP contribution in [0.5, 0.6) is 0 Å². The second-order valence-corrected chi connectivity index (χ2v) is 9.20. The van der Waals surface area contributed by atoms with E-state index in [9.17, 15) is 24.3 Å². The first-order chi connectivity index (χ1) is 20.9. The molecule has 3 rings (SSSR count). The van der Waals surface area contributed by atoms with Gasteiger partial charge in [0.15, 0.2) is 0 Å². The number of rotatable bonds is 13. The number of carbonyl (C=O) groups is 4. The second-order valence-electron chi connectivity index (χ2n) is 9.20. The zero-order valence-corrected chi connectivity index (χ0v) is 23.4. The Kier molecular flexibility index (Phi) is 13.5. The summed E-state index contributed by atoms with van der Waals surface area (Å²) in [6.07, 6.45) is -1.66. The van der Waals surface area contributed by atoms with Crippen molar-refractivity contribution in [3.05, 3.63) is 108 Å². The zero-order chi connectivity index (χ0) is 30.7. The Balaban J connectivity index is 1.48. The first-order valence-electron chi connectivity index (χ1n) is 13.6. The average molecular weight is 591 g/mol. The van der Waals surface area contributed by atoms with Crippen LogP contribution in [0.4, 0.5) is 14.4 Å². The number of aliphatic imine (C=N–C) groups is 1. The topological polar surface area (TPSA) is 165 Å². The number of nitrogens with one attached hydrogen (secondary N) is 3. The summed E-state index contributed by atoms with van der Waals surface area (Å²) in [6.45, 7) is 0.154. The normalized spacial score (nSPS) is 10.9. The number of nitrogens with zero attached hydrogens (tertiary/aromatic N) is 1. The van der Waals surface area contributed by atoms with Crippen LogP contribution in [0.15, 0.2) is 96.0 Å². The standard InChI is InChI=1S/C31H34N4O8/c36-27(37)26(33-29(38)41-20-23-12-4-1-5-13-23)18-10-11-19-32-28(34-30(39)42-21-24-14-6-2-7-15-24)35-31(40)43-22-25-16-8-3-9-17-25/h1-9,12-17,26H,10-11,18-22H2,(H,33,38)(H,36,37)(H2,32,34,35,39,40)/t26-/m0/s1. The van der Waals surface area contributed by atoms with E-state index < -0.39 is 30.3 Å². The van der Waals surface area contributed by atoms with Crippen molar-refractivity contribution in [2.45, 2.75) is 45.1 Å². The molecule has 0 fully saturated rings. The maximum Gasteiger partial charge on any atom is 0.414 e. The van der Waals surface area contributed by atoms with Gasteiger partial charge < -0.3 is 24.6 Å². The molecule has 0 heterocycles. The third kappa shape index (κ3) is 13.2. The fourth-order valence-electron chi connectivity index (χ4n) is 3.64. The monoisotopic (exact) mass is 590 g/mol. The summed E-state index contributed by atoms with van der Waals surface area (Å²) in [5, 5.41) is 16.6. The Morgan fingerprint density at radius 2 is 1.05 bits per heavy atom. The quantitative estimate of drug-likeness (QED) is 0.0959. The third-order valence-corrected chi connectivity index (χ3v) is 5.84. The first kappa shape index (κ1) is 32.1. The number of aliphatic carboxylic acids is 1. The summed E-state index contributed by atoms with van der Waals surface area (Å²) in [5.41, 5.74) is 2.32. The van der Waals surface area contributed by atoms with E-state index in [1.165, 1.54) is 0 Å². The van der Waals surface area contributed by atoms with Crippen molar-refractivity contribution in [1.29, 1.82) is 0 Å². The van der Waals surface area contributed by atoms with Crippen molar-refractivity contribution in [3.63, 3.8) is 0 Å². The SMILES string of the molecule is O=C(NC(=NCCCC[C@H](NC(=O)OCc1ccccc1)C(=O)O)NC(=O)OCc1ccccc1)OCc1ccccc1. The largest absolute Gasteiger partial charge is 0.480 e. The van der Waals surface area contributed by atoms with Crippen molar-refractivity contribution >= 4 is 30.2 Å². The van der Waals surface area contributed by atoms with Gasteiger partial charge in [-0.2, -0.15) is 0 Å². The average Bonchev–Trinajstić information content (AvgIpc) is 3.02. The van der Waals surface area contributed by atoms with Gasteiger partial charge in [0.2, 0.25) is 5.96 Å². The minimum Gasteiger partial charge on any atom is -0.480 e. The molecule has 0 bridgehead atoms. The molecule has 0 aliphatic carbocycles. The molecule has 0 aliphatic heterocycles. The van der Waals surface area contributed by atoms with Crippen LogP contribution in [-0.4, -0.2) is 47.9 Å². The highest BCUT2D eigenvalue weighted by Crippen LogP contribution is 2.06. The summed E-state index contributed by atoms with van der Waals surface area (Å²) in [7, 11) is 0. The van der Waals surface area contributed by atoms with Gasteiger partial charge in [-0.3, -0.25) is 15.6 Å². The van der Waals surface area contributed by atoms with E-state index in [4.69, 9.17) is 14.2 Å². The lowest BCUT2D eigenvalue weighted by molar-refractivity contribution is -0.139. The van der Waals surface area contributed by atoms with Gasteiger partial charge in [0, 0.05) is 6.54 Å². The minimum absolute atomic E-state index is 0.00969. The van der Waals surface area contributed by atoms with E-state index in [-0.39, 0.29) is 38.7 Å². The highest BCUT2D eigenvalue weighted by molar-refractivity contribution is 6.01. The lowest BCUT2D eigenvalue weighted by Crippen LogP contribution is -2.44. The van der Waals surface area contributed by atoms with Crippen molar-refractivity contribution in [3.8, 4) is 0 Å². The number of ether oxygens (including phenoxy) is 3. The Hall–Kier alpha value is -5.39. The molecule has 0 radical (unpaired) electrons. The molecular formula is C31H34N4O8. The zero-order valence-electron chi connectivity index (χ0n) is 23.4. The van der Waals surface area contributed by atoms with Crippen LogP contribution in [0.2, 0.25) is 0 Å². The highest BCUT2D eigenvalue weighted by atomic mass is 16.6. The predicted molar refractivity (Wildman–Crippen MR) is 157 cm³/mol. The number of hydrogen-bond acceptors (Lipinski definition) is 8. The molecular weight excluding hydrogens is 556 g/mol. The van der Waals surface area contributed by atoms with E-state index in [1.807, 2.05) is 42.5 Å². The summed E-state index contributed by atoms with van der Waals surface area (Å²) < 4.78 is 15.5. The van der Waals surface area contributed by atoms with E-state index in [1.54, 1.807) is 48.5 Å². The molecule has 0 unspecified atom stereocenters. The molecule has 4 N–H and O–H groups in total. The van der Waals surface area contributed by atoms with Crippen LogP contribution < -0.4 is 16.0 Å². The number of carboxylic acid groups (broad SMARTS) is 1. The highest BCUT2D eigenvalue weighted by Gasteiger charge is 2.20. The van der Waals surface area contributed by atoms with E-state index >= 15 is 0 Å². The molecule has 3 amide bonds. The van der Waals surface area contributed by atoms with E-state index in [0.29, 0.717) is 12.8 Å². The Bertz CT molecular complexity index is 1280. The van der Waals surface area contributed by atoms with Crippen LogP contribution in [0, 0.1) is 0 Å². The van der Waals surface area contributed by atoms with Crippen LogP contribution in [-0.2, 0) is 38.8 Å². The van der Waals surface area contributed by atoms with Gasteiger partial charge >= 0.3 is 24.2 Å². The van der Waals surface area contributed by atoms with Gasteiger partial charge in [0.05, 0.1) is 0 Å². The summed E-state index contributed by atoms with van der Waals surface area (Å²) in [6, 6.07) is 25.9. The van der Waals surface area contributed by atoms with Crippen LogP contribution in [0.1, 0.15) is 36.0 Å². The molecule has 3 aromatic rings. The van der Waals surface area contributed by atoms with Crippen LogP contribution in [0.3, 0.4) is 0 Å². The lowest BCUT2D eigenvalue weighted by atomic mass is 10.1. The van der Waals surface area contributed by atoms with Crippen molar-refractivity contribution in [1.82, 2.24) is 16.0 Å². The van der Waals surface area contributed by atoms with Crippen molar-refractivity contribution < 1.29 is 38.5 Å². The third-order valence-electron chi connectivity index (χ3n) is 5.84. The molecule has 0 spiro atoms. The number of amides is 3. The molecule has 1 atom stereocenters. The number of alkyl carbamates (subject to hydrolysis) is 3. The first-order valence-corrected chi connectivity index (χ1v) is 13.6. The molecule has 0 saturated heterocycles. The summed E-state index contributed by atoms with van der Waals surface area (Å²) in [4.78, 5) is 52.7. The number of carboxylic acids is 1. The summed E-state index contributed by atoms with van der Waals surface area (Å²) in [5.74, 6) is -1.39. The number of guanidine groups is 1. The number of carbonyl (C=O) groups excluding carboxylic acids is 3. The van der Waals surface area contributed by atoms with Gasteiger partial charge in [0.1, 0.15) is 25.9 Å². The van der Waals surface area contributed by atoms with Gasteiger partial charge in [-0.15, -0.1) is 0 Å². The van der Waals surface area contributed by atoms with Gasteiger partial charge in [-0.1, -0.05) is 91.0 Å². The fraction of sp³-hybridized carbons (Fsp3) is 0.258. The fourth-order valence-corrected chi connectivity index (χ4v) is 3.64. The smallest absolute Gasteiger partial charge is 0.414 e. The molecule has 0 saturated carbocycles. The van der Waals surface area contributed by atoms with E-state index in [2.05, 4.69) is 20.9 Å². The molecule has 0 aliphatic rings. The molecule has 12 heteroatoms. The summed E-state index contributed by atoms with van der Waals surface area (Å²) >= 11 is 0. The van der Waals surface area contributed by atoms with Crippen molar-refractivity contribution in [2.24, 2.45) is 4.99 Å². The number of hydrogen-bond donors (Lipinski definition) is 4. The molecule has 0 aromatic heterocycles. The van der Waals surface area contributed by atoms with Crippen molar-refractivity contribution in [2.75, 3.05) is 6.54 Å². The number of unbranched alkanes of at least 4 members (excludes halogenated alkanes) is 1. The second kappa shape index (κ2) is 18.1. The number of benzene rings is 3. The molecule has 3 aromatic carbocycles. The van der Waals surface area contributed by atoms with Gasteiger partial charge in [-0.25, -0.2) is 19.2 Å². The lowest BCUT2D eigenvalue weighted by Gasteiger charge is -2.14. The minimum atomic E-state index is -1.20. The van der Waals surface area contributed by atoms with Crippen LogP contribution in [0.25, 0.3) is 0 Å². The Morgan fingerprint density at radius 1 is 0.628 bits per heavy atom. The molecule has 43 heavy (non-hydrogen) atoms.